The van der Waals surface area contributed by atoms with Crippen LogP contribution in [0.15, 0.2) is 30.3 Å². The van der Waals surface area contributed by atoms with Gasteiger partial charge >= 0.3 is 0 Å². The number of nitrogens with one attached hydrogen (secondary N) is 2. The molecule has 0 radical (unpaired) electrons. The quantitative estimate of drug-likeness (QED) is 0.839. The molecule has 1 saturated heterocycles. The first-order valence-corrected chi connectivity index (χ1v) is 8.55. The zero-order valence-corrected chi connectivity index (χ0v) is 14.6. The summed E-state index contributed by atoms with van der Waals surface area (Å²) < 4.78 is 0. The number of likely N-dealkylation sites (tertiary alicyclic amines) is 1. The molecule has 1 aromatic carbocycles. The lowest BCUT2D eigenvalue weighted by Crippen LogP contribution is -2.49. The number of nitrogens with zero attached hydrogens (tertiary/aromatic N) is 1. The molecule has 1 atom stereocenters. The van der Waals surface area contributed by atoms with E-state index in [9.17, 15) is 4.79 Å². The van der Waals surface area contributed by atoms with Crippen molar-refractivity contribution in [3.8, 4) is 0 Å². The zero-order chi connectivity index (χ0) is 15.4. The van der Waals surface area contributed by atoms with E-state index in [0.717, 1.165) is 37.5 Å². The van der Waals surface area contributed by atoms with Gasteiger partial charge in [0.2, 0.25) is 5.91 Å². The van der Waals surface area contributed by atoms with Crippen molar-refractivity contribution in [3.05, 3.63) is 30.3 Å². The standard InChI is InChI=1S/C18H27N3O.ClH/c1-14(18(22)20-17-5-3-2-4-6-17)21-11-9-16(10-12-21)19-13-15-7-8-15;/h2-6,14-16,19H,7-13H2,1H3,(H,20,22);1H. The molecule has 1 aliphatic carbocycles. The van der Waals surface area contributed by atoms with E-state index in [1.165, 1.54) is 19.4 Å². The number of para-hydroxylation sites is 1. The second-order valence-electron chi connectivity index (χ2n) is 6.69. The topological polar surface area (TPSA) is 44.4 Å². The minimum atomic E-state index is -0.0652. The van der Waals surface area contributed by atoms with Crippen molar-refractivity contribution in [1.82, 2.24) is 10.2 Å². The van der Waals surface area contributed by atoms with Crippen LogP contribution < -0.4 is 10.6 Å². The van der Waals surface area contributed by atoms with Crippen LogP contribution in [0.5, 0.6) is 0 Å². The molecular formula is C18H28ClN3O. The van der Waals surface area contributed by atoms with E-state index in [0.29, 0.717) is 6.04 Å². The molecule has 128 valence electrons. The van der Waals surface area contributed by atoms with Crippen molar-refractivity contribution in [3.63, 3.8) is 0 Å². The lowest BCUT2D eigenvalue weighted by Gasteiger charge is -2.35. The van der Waals surface area contributed by atoms with Gasteiger partial charge < -0.3 is 10.6 Å². The van der Waals surface area contributed by atoms with Crippen LogP contribution in [0.1, 0.15) is 32.6 Å². The summed E-state index contributed by atoms with van der Waals surface area (Å²) in [4.78, 5) is 14.6. The average molecular weight is 338 g/mol. The average Bonchev–Trinajstić information content (AvgIpc) is 3.38. The molecule has 5 heteroatoms. The summed E-state index contributed by atoms with van der Waals surface area (Å²) in [6.07, 6.45) is 5.11. The molecule has 2 N–H and O–H groups in total. The lowest BCUT2D eigenvalue weighted by molar-refractivity contribution is -0.121. The monoisotopic (exact) mass is 337 g/mol. The highest BCUT2D eigenvalue weighted by Gasteiger charge is 2.28. The Morgan fingerprint density at radius 3 is 2.43 bits per heavy atom. The second kappa shape index (κ2) is 8.67. The number of amides is 1. The molecule has 1 amide bonds. The maximum Gasteiger partial charge on any atom is 0.241 e. The largest absolute Gasteiger partial charge is 0.325 e. The number of hydrogen-bond donors (Lipinski definition) is 2. The van der Waals surface area contributed by atoms with Crippen molar-refractivity contribution < 1.29 is 4.79 Å². The Labute approximate surface area is 145 Å². The van der Waals surface area contributed by atoms with E-state index in [4.69, 9.17) is 0 Å². The molecule has 0 bridgehead atoms. The van der Waals surface area contributed by atoms with Gasteiger partial charge in [0.25, 0.3) is 0 Å². The number of halogens is 1. The number of benzene rings is 1. The first-order chi connectivity index (χ1) is 10.7. The minimum Gasteiger partial charge on any atom is -0.325 e. The smallest absolute Gasteiger partial charge is 0.241 e. The molecule has 23 heavy (non-hydrogen) atoms. The molecule has 1 unspecified atom stereocenters. The molecule has 1 heterocycles. The Kier molecular flexibility index (Phi) is 6.88. The Bertz CT molecular complexity index is 484. The number of anilines is 1. The SMILES string of the molecule is CC(C(=O)Nc1ccccc1)N1CCC(NCC2CC2)CC1.Cl. The summed E-state index contributed by atoms with van der Waals surface area (Å²) in [5, 5.41) is 6.69. The van der Waals surface area contributed by atoms with Gasteiger partial charge in [-0.1, -0.05) is 18.2 Å². The third-order valence-corrected chi connectivity index (χ3v) is 4.89. The predicted octanol–water partition coefficient (Wildman–Crippen LogP) is 2.90. The Morgan fingerprint density at radius 2 is 1.83 bits per heavy atom. The van der Waals surface area contributed by atoms with Gasteiger partial charge in [0.05, 0.1) is 6.04 Å². The van der Waals surface area contributed by atoms with Crippen LogP contribution in [0, 0.1) is 5.92 Å². The van der Waals surface area contributed by atoms with Gasteiger partial charge in [-0.05, 0) is 57.2 Å². The first kappa shape index (κ1) is 18.2. The van der Waals surface area contributed by atoms with E-state index in [2.05, 4.69) is 15.5 Å². The highest BCUT2D eigenvalue weighted by Crippen LogP contribution is 2.28. The summed E-state index contributed by atoms with van der Waals surface area (Å²) in [6, 6.07) is 10.3. The van der Waals surface area contributed by atoms with Crippen LogP contribution in [0.3, 0.4) is 0 Å². The fourth-order valence-corrected chi connectivity index (χ4v) is 3.08. The fourth-order valence-electron chi connectivity index (χ4n) is 3.08. The van der Waals surface area contributed by atoms with Gasteiger partial charge in [-0.25, -0.2) is 0 Å². The maximum atomic E-state index is 12.3. The fraction of sp³-hybridized carbons (Fsp3) is 0.611. The number of carbonyl (C=O) groups is 1. The predicted molar refractivity (Wildman–Crippen MR) is 97.1 cm³/mol. The summed E-state index contributed by atoms with van der Waals surface area (Å²) in [6.45, 7) is 5.21. The zero-order valence-electron chi connectivity index (χ0n) is 13.8. The van der Waals surface area contributed by atoms with Crippen molar-refractivity contribution >= 4 is 24.0 Å². The van der Waals surface area contributed by atoms with Crippen LogP contribution in [-0.4, -0.2) is 42.5 Å². The summed E-state index contributed by atoms with van der Waals surface area (Å²) in [5.41, 5.74) is 0.875. The third kappa shape index (κ3) is 5.48. The Morgan fingerprint density at radius 1 is 1.17 bits per heavy atom. The van der Waals surface area contributed by atoms with E-state index in [-0.39, 0.29) is 24.4 Å². The number of rotatable bonds is 6. The molecule has 2 fully saturated rings. The highest BCUT2D eigenvalue weighted by atomic mass is 35.5. The van der Waals surface area contributed by atoms with Crippen molar-refractivity contribution in [2.24, 2.45) is 5.92 Å². The van der Waals surface area contributed by atoms with Crippen molar-refractivity contribution in [2.45, 2.75) is 44.7 Å². The minimum absolute atomic E-state index is 0. The second-order valence-corrected chi connectivity index (χ2v) is 6.69. The Hall–Kier alpha value is -1.10. The molecule has 2 aliphatic rings. The maximum absolute atomic E-state index is 12.3. The molecule has 3 rings (SSSR count). The van der Waals surface area contributed by atoms with E-state index >= 15 is 0 Å². The van der Waals surface area contributed by atoms with Gasteiger partial charge in [0, 0.05) is 24.8 Å². The van der Waals surface area contributed by atoms with Gasteiger partial charge in [0.1, 0.15) is 0 Å². The number of carbonyl (C=O) groups excluding carboxylic acids is 1. The molecule has 0 spiro atoms. The molecule has 0 aromatic heterocycles. The Balaban J connectivity index is 0.00000192. The van der Waals surface area contributed by atoms with E-state index in [1.54, 1.807) is 0 Å². The van der Waals surface area contributed by atoms with E-state index < -0.39 is 0 Å². The first-order valence-electron chi connectivity index (χ1n) is 8.55. The molecule has 1 saturated carbocycles. The van der Waals surface area contributed by atoms with Crippen LogP contribution in [-0.2, 0) is 4.79 Å². The summed E-state index contributed by atoms with van der Waals surface area (Å²) in [5.74, 6) is 1.03. The molecule has 1 aliphatic heterocycles. The van der Waals surface area contributed by atoms with Gasteiger partial charge in [-0.3, -0.25) is 9.69 Å². The van der Waals surface area contributed by atoms with E-state index in [1.807, 2.05) is 37.3 Å². The van der Waals surface area contributed by atoms with Crippen molar-refractivity contribution in [2.75, 3.05) is 25.0 Å². The van der Waals surface area contributed by atoms with Gasteiger partial charge in [-0.15, -0.1) is 12.4 Å². The van der Waals surface area contributed by atoms with Crippen LogP contribution in [0.25, 0.3) is 0 Å². The highest BCUT2D eigenvalue weighted by molar-refractivity contribution is 5.94. The lowest BCUT2D eigenvalue weighted by atomic mass is 10.0. The van der Waals surface area contributed by atoms with Crippen LogP contribution in [0.4, 0.5) is 5.69 Å². The molecular weight excluding hydrogens is 310 g/mol. The summed E-state index contributed by atoms with van der Waals surface area (Å²) in [7, 11) is 0. The van der Waals surface area contributed by atoms with Crippen LogP contribution >= 0.6 is 12.4 Å². The molecule has 1 aromatic rings. The van der Waals surface area contributed by atoms with Crippen LogP contribution in [0.2, 0.25) is 0 Å². The normalized spacial score (nSPS) is 20.6. The number of piperidine rings is 1. The third-order valence-electron chi connectivity index (χ3n) is 4.89. The van der Waals surface area contributed by atoms with Gasteiger partial charge in [-0.2, -0.15) is 0 Å². The number of hydrogen-bond acceptors (Lipinski definition) is 3. The molecule has 4 nitrogen and oxygen atoms in total. The van der Waals surface area contributed by atoms with Gasteiger partial charge in [0.15, 0.2) is 0 Å². The van der Waals surface area contributed by atoms with Crippen molar-refractivity contribution in [1.29, 1.82) is 0 Å². The summed E-state index contributed by atoms with van der Waals surface area (Å²) >= 11 is 0.